The fraction of sp³-hybridized carbons (Fsp3) is 0.286. The predicted octanol–water partition coefficient (Wildman–Crippen LogP) is 2.90. The van der Waals surface area contributed by atoms with Gasteiger partial charge >= 0.3 is 0 Å². The zero-order valence-electron chi connectivity index (χ0n) is 5.90. The van der Waals surface area contributed by atoms with Gasteiger partial charge in [0.15, 0.2) is 5.82 Å². The molecule has 0 amide bonds. The van der Waals surface area contributed by atoms with E-state index in [9.17, 15) is 13.2 Å². The van der Waals surface area contributed by atoms with Gasteiger partial charge < -0.3 is 0 Å². The number of hydrogen-bond acceptors (Lipinski definition) is 1. The number of halogens is 4. The molecule has 0 saturated heterocycles. The summed E-state index contributed by atoms with van der Waals surface area (Å²) in [6.07, 6.45) is -0.962. The summed E-state index contributed by atoms with van der Waals surface area (Å²) in [5.41, 5.74) is -0.619. The van der Waals surface area contributed by atoms with Gasteiger partial charge in [0.1, 0.15) is 0 Å². The van der Waals surface area contributed by atoms with Gasteiger partial charge in [0, 0.05) is 12.1 Å². The fourth-order valence-electron chi connectivity index (χ4n) is 0.836. The van der Waals surface area contributed by atoms with Crippen molar-refractivity contribution in [1.82, 2.24) is 4.98 Å². The molecule has 1 aromatic rings. The van der Waals surface area contributed by atoms with Gasteiger partial charge in [0.2, 0.25) is 0 Å². The molecule has 66 valence electrons. The molecule has 1 heterocycles. The van der Waals surface area contributed by atoms with E-state index >= 15 is 0 Å². The van der Waals surface area contributed by atoms with Gasteiger partial charge in [-0.3, -0.25) is 4.98 Å². The highest BCUT2D eigenvalue weighted by Gasteiger charge is 2.17. The second-order valence-corrected chi connectivity index (χ2v) is 2.40. The van der Waals surface area contributed by atoms with Crippen LogP contribution in [0.5, 0.6) is 0 Å². The third-order valence-corrected chi connectivity index (χ3v) is 1.67. The lowest BCUT2D eigenvalue weighted by Gasteiger charge is -2.05. The predicted molar refractivity (Wildman–Crippen MR) is 38.7 cm³/mol. The lowest BCUT2D eigenvalue weighted by molar-refractivity contribution is 0.145. The standard InChI is InChI=1S/C7H5ClF3N/c8-1-4-2-12-3-5(9)6(4)7(10)11/h2-3,7H,1H2. The number of rotatable bonds is 2. The van der Waals surface area contributed by atoms with Crippen LogP contribution in [0.15, 0.2) is 12.4 Å². The van der Waals surface area contributed by atoms with Gasteiger partial charge in [0.05, 0.1) is 11.8 Å². The first-order valence-electron chi connectivity index (χ1n) is 3.13. The Bertz CT molecular complexity index is 277. The number of aromatic nitrogens is 1. The van der Waals surface area contributed by atoms with E-state index < -0.39 is 17.8 Å². The molecule has 0 N–H and O–H groups in total. The average Bonchev–Trinajstić information content (AvgIpc) is 2.03. The molecule has 0 aliphatic rings. The van der Waals surface area contributed by atoms with Gasteiger partial charge in [-0.25, -0.2) is 13.2 Å². The summed E-state index contributed by atoms with van der Waals surface area (Å²) in [6.45, 7) is 0. The van der Waals surface area contributed by atoms with E-state index in [0.717, 1.165) is 12.4 Å². The fourth-order valence-corrected chi connectivity index (χ4v) is 1.05. The highest BCUT2D eigenvalue weighted by Crippen LogP contribution is 2.25. The molecular formula is C7H5ClF3N. The van der Waals surface area contributed by atoms with Gasteiger partial charge in [-0.2, -0.15) is 0 Å². The Hall–Kier alpha value is -0.770. The summed E-state index contributed by atoms with van der Waals surface area (Å²) >= 11 is 5.31. The van der Waals surface area contributed by atoms with Crippen LogP contribution >= 0.6 is 11.6 Å². The molecule has 12 heavy (non-hydrogen) atoms. The monoisotopic (exact) mass is 195 g/mol. The van der Waals surface area contributed by atoms with Crippen molar-refractivity contribution in [3.63, 3.8) is 0 Å². The summed E-state index contributed by atoms with van der Waals surface area (Å²) in [5, 5.41) is 0. The molecule has 0 aliphatic heterocycles. The topological polar surface area (TPSA) is 12.9 Å². The van der Waals surface area contributed by atoms with Crippen LogP contribution in [0, 0.1) is 5.82 Å². The van der Waals surface area contributed by atoms with Crippen molar-refractivity contribution in [2.45, 2.75) is 12.3 Å². The largest absolute Gasteiger partial charge is 0.267 e. The third kappa shape index (κ3) is 1.69. The zero-order chi connectivity index (χ0) is 9.14. The van der Waals surface area contributed by atoms with Crippen molar-refractivity contribution in [2.24, 2.45) is 0 Å². The van der Waals surface area contributed by atoms with Crippen LogP contribution in [0.4, 0.5) is 13.2 Å². The molecule has 5 heteroatoms. The molecule has 1 aromatic heterocycles. The Labute approximate surface area is 72.2 Å². The Morgan fingerprint density at radius 2 is 2.08 bits per heavy atom. The van der Waals surface area contributed by atoms with Crippen molar-refractivity contribution in [3.8, 4) is 0 Å². The second-order valence-electron chi connectivity index (χ2n) is 2.13. The molecular weight excluding hydrogens is 191 g/mol. The second kappa shape index (κ2) is 3.76. The highest BCUT2D eigenvalue weighted by atomic mass is 35.5. The van der Waals surface area contributed by atoms with Crippen LogP contribution in [0.25, 0.3) is 0 Å². The van der Waals surface area contributed by atoms with Crippen molar-refractivity contribution < 1.29 is 13.2 Å². The normalized spacial score (nSPS) is 10.8. The van der Waals surface area contributed by atoms with E-state index in [2.05, 4.69) is 4.98 Å². The molecule has 0 radical (unpaired) electrons. The maximum Gasteiger partial charge on any atom is 0.267 e. The Balaban J connectivity index is 3.20. The summed E-state index contributed by atoms with van der Waals surface area (Å²) in [5.74, 6) is -1.17. The number of hydrogen-bond donors (Lipinski definition) is 0. The third-order valence-electron chi connectivity index (χ3n) is 1.38. The molecule has 0 atom stereocenters. The minimum absolute atomic E-state index is 0.0340. The van der Waals surface area contributed by atoms with E-state index in [-0.39, 0.29) is 11.4 Å². The average molecular weight is 196 g/mol. The van der Waals surface area contributed by atoms with Crippen LogP contribution in [0.3, 0.4) is 0 Å². The summed E-state index contributed by atoms with van der Waals surface area (Å²) in [4.78, 5) is 3.41. The first kappa shape index (κ1) is 9.32. The van der Waals surface area contributed by atoms with Crippen LogP contribution in [-0.4, -0.2) is 4.98 Å². The van der Waals surface area contributed by atoms with E-state index in [4.69, 9.17) is 11.6 Å². The molecule has 0 aliphatic carbocycles. The summed E-state index contributed by atoms with van der Waals surface area (Å²) < 4.78 is 37.0. The van der Waals surface area contributed by atoms with E-state index in [1.807, 2.05) is 0 Å². The first-order valence-corrected chi connectivity index (χ1v) is 3.66. The van der Waals surface area contributed by atoms with E-state index in [1.165, 1.54) is 0 Å². The highest BCUT2D eigenvalue weighted by molar-refractivity contribution is 6.17. The lowest BCUT2D eigenvalue weighted by atomic mass is 10.1. The number of nitrogens with zero attached hydrogens (tertiary/aromatic N) is 1. The van der Waals surface area contributed by atoms with Crippen LogP contribution < -0.4 is 0 Å². The van der Waals surface area contributed by atoms with Gasteiger partial charge in [0.25, 0.3) is 6.43 Å². The number of pyridine rings is 1. The zero-order valence-corrected chi connectivity index (χ0v) is 6.65. The van der Waals surface area contributed by atoms with Gasteiger partial charge in [-0.1, -0.05) is 0 Å². The summed E-state index contributed by atoms with van der Waals surface area (Å²) in [6, 6.07) is 0. The van der Waals surface area contributed by atoms with Gasteiger partial charge in [-0.15, -0.1) is 11.6 Å². The smallest absolute Gasteiger partial charge is 0.261 e. The minimum atomic E-state index is -2.85. The van der Waals surface area contributed by atoms with Crippen LogP contribution in [-0.2, 0) is 5.88 Å². The molecule has 0 fully saturated rings. The number of alkyl halides is 3. The molecule has 0 saturated carbocycles. The lowest BCUT2D eigenvalue weighted by Crippen LogP contribution is -1.98. The first-order chi connectivity index (χ1) is 5.66. The molecule has 0 bridgehead atoms. The van der Waals surface area contributed by atoms with E-state index in [1.54, 1.807) is 0 Å². The Morgan fingerprint density at radius 3 is 2.50 bits per heavy atom. The van der Waals surface area contributed by atoms with Crippen molar-refractivity contribution in [3.05, 3.63) is 29.3 Å². The minimum Gasteiger partial charge on any atom is -0.261 e. The maximum absolute atomic E-state index is 12.7. The maximum atomic E-state index is 12.7. The van der Waals surface area contributed by atoms with Gasteiger partial charge in [-0.05, 0) is 5.56 Å². The summed E-state index contributed by atoms with van der Waals surface area (Å²) in [7, 11) is 0. The molecule has 0 unspecified atom stereocenters. The Kier molecular flexibility index (Phi) is 2.92. The van der Waals surface area contributed by atoms with Crippen molar-refractivity contribution in [2.75, 3.05) is 0 Å². The van der Waals surface area contributed by atoms with Crippen molar-refractivity contribution >= 4 is 11.6 Å². The molecule has 0 spiro atoms. The van der Waals surface area contributed by atoms with Crippen LogP contribution in [0.2, 0.25) is 0 Å². The molecule has 1 nitrogen and oxygen atoms in total. The molecule has 1 rings (SSSR count). The Morgan fingerprint density at radius 1 is 1.42 bits per heavy atom. The SMILES string of the molecule is Fc1cncc(CCl)c1C(F)F. The molecule has 0 aromatic carbocycles. The van der Waals surface area contributed by atoms with Crippen LogP contribution in [0.1, 0.15) is 17.6 Å². The quantitative estimate of drug-likeness (QED) is 0.662. The van der Waals surface area contributed by atoms with Crippen molar-refractivity contribution in [1.29, 1.82) is 0 Å². The van der Waals surface area contributed by atoms with E-state index in [0.29, 0.717) is 0 Å².